The van der Waals surface area contributed by atoms with Crippen LogP contribution in [0.25, 0.3) is 0 Å². The van der Waals surface area contributed by atoms with E-state index in [1.54, 1.807) is 26.0 Å². The van der Waals surface area contributed by atoms with Crippen molar-refractivity contribution in [3.63, 3.8) is 0 Å². The summed E-state index contributed by atoms with van der Waals surface area (Å²) in [5.74, 6) is -0.131. The monoisotopic (exact) mass is 510 g/mol. The second-order valence-electron chi connectivity index (χ2n) is 6.67. The van der Waals surface area contributed by atoms with E-state index >= 15 is 0 Å². The van der Waals surface area contributed by atoms with Crippen LogP contribution in [0.4, 0.5) is 28.7 Å². The largest absolute Gasteiger partial charge is 0.353 e. The SMILES string of the molecule is CCN(CC)S(=O)(=O)c1ccc(Nc2ncnc(Nc3ccc(Cl)c(Cl)c3)c2[N+](=O)[O-])cc1. The van der Waals surface area contributed by atoms with Crippen molar-refractivity contribution in [1.29, 1.82) is 0 Å². The van der Waals surface area contributed by atoms with Crippen molar-refractivity contribution in [3.8, 4) is 0 Å². The van der Waals surface area contributed by atoms with Crippen LogP contribution in [0.1, 0.15) is 13.8 Å². The van der Waals surface area contributed by atoms with Gasteiger partial charge in [0.1, 0.15) is 6.33 Å². The van der Waals surface area contributed by atoms with Gasteiger partial charge in [-0.3, -0.25) is 10.1 Å². The predicted molar refractivity (Wildman–Crippen MR) is 128 cm³/mol. The molecule has 0 atom stereocenters. The molecule has 0 spiro atoms. The molecule has 13 heteroatoms. The van der Waals surface area contributed by atoms with E-state index in [4.69, 9.17) is 23.2 Å². The van der Waals surface area contributed by atoms with Crippen molar-refractivity contribution in [2.45, 2.75) is 18.7 Å². The lowest BCUT2D eigenvalue weighted by atomic mass is 10.3. The summed E-state index contributed by atoms with van der Waals surface area (Å²) in [5, 5.41) is 18.1. The molecular formula is C20H20Cl2N6O4S. The maximum absolute atomic E-state index is 12.6. The highest BCUT2D eigenvalue weighted by Crippen LogP contribution is 2.34. The Morgan fingerprint density at radius 2 is 1.48 bits per heavy atom. The van der Waals surface area contributed by atoms with Crippen molar-refractivity contribution in [2.24, 2.45) is 0 Å². The van der Waals surface area contributed by atoms with Crippen LogP contribution in [-0.4, -0.2) is 40.7 Å². The van der Waals surface area contributed by atoms with Gasteiger partial charge in [-0.1, -0.05) is 37.0 Å². The average Bonchev–Trinajstić information content (AvgIpc) is 2.77. The summed E-state index contributed by atoms with van der Waals surface area (Å²) in [6.07, 6.45) is 1.16. The third kappa shape index (κ3) is 5.50. The van der Waals surface area contributed by atoms with Gasteiger partial charge in [0.05, 0.1) is 19.9 Å². The number of halogens is 2. The molecule has 0 aliphatic heterocycles. The topological polar surface area (TPSA) is 130 Å². The van der Waals surface area contributed by atoms with E-state index < -0.39 is 20.6 Å². The Morgan fingerprint density at radius 1 is 0.939 bits per heavy atom. The van der Waals surface area contributed by atoms with Crippen LogP contribution < -0.4 is 10.6 Å². The molecule has 1 aromatic heterocycles. The van der Waals surface area contributed by atoms with E-state index in [1.165, 1.54) is 34.6 Å². The van der Waals surface area contributed by atoms with Gasteiger partial charge in [0, 0.05) is 24.5 Å². The first-order valence-electron chi connectivity index (χ1n) is 9.76. The smallest absolute Gasteiger partial charge is 0.334 e. The van der Waals surface area contributed by atoms with Gasteiger partial charge in [-0.2, -0.15) is 4.31 Å². The lowest BCUT2D eigenvalue weighted by Gasteiger charge is -2.18. The van der Waals surface area contributed by atoms with Gasteiger partial charge in [0.2, 0.25) is 21.7 Å². The Labute approximate surface area is 200 Å². The third-order valence-corrected chi connectivity index (χ3v) is 7.45. The van der Waals surface area contributed by atoms with E-state index in [2.05, 4.69) is 20.6 Å². The van der Waals surface area contributed by atoms with Gasteiger partial charge in [-0.15, -0.1) is 0 Å². The first kappa shape index (κ1) is 24.6. The Balaban J connectivity index is 1.90. The molecule has 2 aromatic carbocycles. The Kier molecular flexibility index (Phi) is 7.69. The van der Waals surface area contributed by atoms with Gasteiger partial charge in [-0.05, 0) is 42.5 Å². The van der Waals surface area contributed by atoms with Crippen LogP contribution in [0.3, 0.4) is 0 Å². The molecule has 0 amide bonds. The van der Waals surface area contributed by atoms with Crippen molar-refractivity contribution in [1.82, 2.24) is 14.3 Å². The minimum atomic E-state index is -3.62. The van der Waals surface area contributed by atoms with E-state index in [-0.39, 0.29) is 21.6 Å². The van der Waals surface area contributed by atoms with Gasteiger partial charge in [0.15, 0.2) is 0 Å². The van der Waals surface area contributed by atoms with Crippen LogP contribution in [-0.2, 0) is 10.0 Å². The van der Waals surface area contributed by atoms with E-state index in [0.29, 0.717) is 29.5 Å². The van der Waals surface area contributed by atoms with Gasteiger partial charge in [0.25, 0.3) is 0 Å². The number of benzene rings is 2. The van der Waals surface area contributed by atoms with E-state index in [9.17, 15) is 18.5 Å². The van der Waals surface area contributed by atoms with E-state index in [0.717, 1.165) is 6.33 Å². The second-order valence-corrected chi connectivity index (χ2v) is 9.42. The average molecular weight is 511 g/mol. The van der Waals surface area contributed by atoms with Crippen molar-refractivity contribution in [3.05, 3.63) is 69.0 Å². The lowest BCUT2D eigenvalue weighted by Crippen LogP contribution is -2.30. The van der Waals surface area contributed by atoms with E-state index in [1.807, 2.05) is 0 Å². The molecule has 33 heavy (non-hydrogen) atoms. The molecule has 0 unspecified atom stereocenters. The fourth-order valence-corrected chi connectivity index (χ4v) is 4.76. The molecule has 3 rings (SSSR count). The third-order valence-electron chi connectivity index (χ3n) is 4.65. The standard InChI is InChI=1S/C20H20Cl2N6O4S/c1-3-27(4-2)33(31,32)15-8-5-13(6-9-15)25-19-18(28(29)30)20(24-12-23-19)26-14-7-10-16(21)17(22)11-14/h5-12H,3-4H2,1-2H3,(H2,23,24,25,26). The zero-order valence-corrected chi connectivity index (χ0v) is 19.9. The zero-order valence-electron chi connectivity index (χ0n) is 17.6. The number of hydrogen-bond acceptors (Lipinski definition) is 8. The molecule has 0 bridgehead atoms. The molecule has 0 radical (unpaired) electrons. The number of anilines is 4. The molecule has 1 heterocycles. The van der Waals surface area contributed by atoms with Crippen molar-refractivity contribution >= 4 is 61.9 Å². The molecule has 2 N–H and O–H groups in total. The Morgan fingerprint density at radius 3 is 2.00 bits per heavy atom. The highest BCUT2D eigenvalue weighted by molar-refractivity contribution is 7.89. The molecule has 10 nitrogen and oxygen atoms in total. The molecule has 0 saturated heterocycles. The predicted octanol–water partition coefficient (Wildman–Crippen LogP) is 5.21. The Hall–Kier alpha value is -2.99. The first-order valence-corrected chi connectivity index (χ1v) is 12.0. The summed E-state index contributed by atoms with van der Waals surface area (Å²) in [4.78, 5) is 19.2. The highest BCUT2D eigenvalue weighted by Gasteiger charge is 2.24. The normalized spacial score (nSPS) is 11.4. The number of rotatable bonds is 9. The lowest BCUT2D eigenvalue weighted by molar-refractivity contribution is -0.383. The van der Waals surface area contributed by atoms with Gasteiger partial charge < -0.3 is 10.6 Å². The fourth-order valence-electron chi connectivity index (χ4n) is 3.00. The summed E-state index contributed by atoms with van der Waals surface area (Å²) < 4.78 is 26.6. The number of sulfonamides is 1. The number of nitrogens with one attached hydrogen (secondary N) is 2. The Bertz CT molecular complexity index is 1270. The number of nitro groups is 1. The molecule has 0 aliphatic carbocycles. The summed E-state index contributed by atoms with van der Waals surface area (Å²) >= 11 is 11.9. The van der Waals surface area contributed by atoms with Crippen LogP contribution in [0, 0.1) is 10.1 Å². The molecule has 3 aromatic rings. The highest BCUT2D eigenvalue weighted by atomic mass is 35.5. The van der Waals surface area contributed by atoms with Crippen LogP contribution >= 0.6 is 23.2 Å². The summed E-state index contributed by atoms with van der Waals surface area (Å²) in [6, 6.07) is 10.5. The zero-order chi connectivity index (χ0) is 24.2. The molecule has 0 aliphatic rings. The fraction of sp³-hybridized carbons (Fsp3) is 0.200. The summed E-state index contributed by atoms with van der Waals surface area (Å²) in [6.45, 7) is 4.21. The van der Waals surface area contributed by atoms with Gasteiger partial charge >= 0.3 is 5.69 Å². The first-order chi connectivity index (χ1) is 15.7. The quantitative estimate of drug-likeness (QED) is 0.296. The maximum Gasteiger partial charge on any atom is 0.353 e. The van der Waals surface area contributed by atoms with Crippen LogP contribution in [0.15, 0.2) is 53.7 Å². The van der Waals surface area contributed by atoms with Crippen LogP contribution in [0.5, 0.6) is 0 Å². The summed E-state index contributed by atoms with van der Waals surface area (Å²) in [5.41, 5.74) is 0.460. The minimum Gasteiger partial charge on any atom is -0.334 e. The maximum atomic E-state index is 12.6. The van der Waals surface area contributed by atoms with Crippen molar-refractivity contribution < 1.29 is 13.3 Å². The number of hydrogen-bond donors (Lipinski definition) is 2. The second kappa shape index (κ2) is 10.3. The molecule has 174 valence electrons. The molecule has 0 fully saturated rings. The van der Waals surface area contributed by atoms with Crippen molar-refractivity contribution in [2.75, 3.05) is 23.7 Å². The summed E-state index contributed by atoms with van der Waals surface area (Å²) in [7, 11) is -3.62. The number of nitrogens with zero attached hydrogens (tertiary/aromatic N) is 4. The number of aromatic nitrogens is 2. The molecule has 0 saturated carbocycles. The molecular weight excluding hydrogens is 491 g/mol. The minimum absolute atomic E-state index is 0.0587. The van der Waals surface area contributed by atoms with Crippen LogP contribution in [0.2, 0.25) is 10.0 Å². The van der Waals surface area contributed by atoms with Gasteiger partial charge in [-0.25, -0.2) is 18.4 Å².